The molecular formula is C19H28N4O4S. The average Bonchev–Trinajstić information content (AvgIpc) is 2.89. The lowest BCUT2D eigenvalue weighted by molar-refractivity contribution is -0.123. The van der Waals surface area contributed by atoms with Gasteiger partial charge in [0.1, 0.15) is 15.5 Å². The molecule has 0 saturated carbocycles. The van der Waals surface area contributed by atoms with Crippen molar-refractivity contribution in [1.29, 1.82) is 0 Å². The molecule has 0 unspecified atom stereocenters. The van der Waals surface area contributed by atoms with Crippen LogP contribution in [0.5, 0.6) is 0 Å². The summed E-state index contributed by atoms with van der Waals surface area (Å²) in [5, 5.41) is 3.31. The molecule has 0 saturated heterocycles. The lowest BCUT2D eigenvalue weighted by Gasteiger charge is -2.26. The van der Waals surface area contributed by atoms with Crippen LogP contribution in [0, 0.1) is 6.92 Å². The number of aromatic amines is 1. The van der Waals surface area contributed by atoms with Crippen LogP contribution >= 0.6 is 11.3 Å². The van der Waals surface area contributed by atoms with Crippen LogP contribution in [0.15, 0.2) is 4.79 Å². The van der Waals surface area contributed by atoms with Gasteiger partial charge in [0.25, 0.3) is 5.56 Å². The third kappa shape index (κ3) is 4.96. The second-order valence-electron chi connectivity index (χ2n) is 7.80. The lowest BCUT2D eigenvalue weighted by atomic mass is 10.1. The van der Waals surface area contributed by atoms with Crippen molar-refractivity contribution in [1.82, 2.24) is 20.2 Å². The first-order valence-corrected chi connectivity index (χ1v) is 9.98. The number of carbonyl (C=O) groups is 2. The molecule has 2 aromatic heterocycles. The van der Waals surface area contributed by atoms with E-state index in [9.17, 15) is 14.4 Å². The van der Waals surface area contributed by atoms with Crippen LogP contribution in [-0.2, 0) is 9.53 Å². The van der Waals surface area contributed by atoms with E-state index in [-0.39, 0.29) is 36.2 Å². The molecule has 28 heavy (non-hydrogen) atoms. The van der Waals surface area contributed by atoms with Crippen LogP contribution in [0.3, 0.4) is 0 Å². The molecule has 1 amide bonds. The maximum Gasteiger partial charge on any atom is 0.348 e. The largest absolute Gasteiger partial charge is 0.462 e. The number of thiophene rings is 1. The molecule has 0 spiro atoms. The number of hydrogen-bond donors (Lipinski definition) is 2. The number of likely N-dealkylation sites (N-methyl/N-ethyl adjacent to an activating group) is 1. The van der Waals surface area contributed by atoms with Crippen molar-refractivity contribution in [2.75, 3.05) is 20.2 Å². The van der Waals surface area contributed by atoms with Crippen LogP contribution in [0.2, 0.25) is 0 Å². The van der Waals surface area contributed by atoms with Crippen LogP contribution in [-0.4, -0.2) is 52.5 Å². The number of hydrogen-bond acceptors (Lipinski definition) is 7. The highest BCUT2D eigenvalue weighted by Gasteiger charge is 2.23. The number of carbonyl (C=O) groups excluding carboxylic acids is 2. The molecule has 0 aliphatic heterocycles. The number of ether oxygens (including phenoxy) is 1. The van der Waals surface area contributed by atoms with E-state index in [1.807, 2.05) is 27.7 Å². The Kier molecular flexibility index (Phi) is 6.61. The molecule has 2 aromatic rings. The minimum atomic E-state index is -0.451. The summed E-state index contributed by atoms with van der Waals surface area (Å²) < 4.78 is 5.06. The van der Waals surface area contributed by atoms with Gasteiger partial charge in [0.15, 0.2) is 0 Å². The van der Waals surface area contributed by atoms with Crippen LogP contribution in [0.4, 0.5) is 0 Å². The Morgan fingerprint density at radius 1 is 1.36 bits per heavy atom. The molecule has 9 heteroatoms. The molecule has 8 nitrogen and oxygen atoms in total. The highest BCUT2D eigenvalue weighted by molar-refractivity contribution is 7.20. The summed E-state index contributed by atoms with van der Waals surface area (Å²) in [6.45, 7) is 11.5. The zero-order chi connectivity index (χ0) is 21.2. The number of aromatic nitrogens is 2. The van der Waals surface area contributed by atoms with E-state index in [0.717, 1.165) is 11.3 Å². The zero-order valence-electron chi connectivity index (χ0n) is 17.4. The van der Waals surface area contributed by atoms with Gasteiger partial charge in [-0.25, -0.2) is 9.78 Å². The Morgan fingerprint density at radius 2 is 2.00 bits per heavy atom. The number of nitrogens with one attached hydrogen (secondary N) is 2. The predicted octanol–water partition coefficient (Wildman–Crippen LogP) is 2.38. The highest BCUT2D eigenvalue weighted by Crippen LogP contribution is 2.28. The third-order valence-corrected chi connectivity index (χ3v) is 5.41. The van der Waals surface area contributed by atoms with Gasteiger partial charge in [0.2, 0.25) is 5.91 Å². The molecule has 1 atom stereocenters. The van der Waals surface area contributed by atoms with E-state index in [0.29, 0.717) is 26.5 Å². The summed E-state index contributed by atoms with van der Waals surface area (Å²) in [6.07, 6.45) is 0. The smallest absolute Gasteiger partial charge is 0.348 e. The molecule has 154 valence electrons. The zero-order valence-corrected chi connectivity index (χ0v) is 18.2. The fourth-order valence-electron chi connectivity index (χ4n) is 2.78. The number of H-pyrrole nitrogens is 1. The Labute approximate surface area is 168 Å². The Hall–Kier alpha value is -2.26. The first kappa shape index (κ1) is 22.0. The Bertz CT molecular complexity index is 942. The molecule has 0 radical (unpaired) electrons. The SMILES string of the molecule is CCOC(=O)c1sc2nc([C@@H](C)N(C)CC(=O)NC(C)(C)C)[nH]c(=O)c2c1C. The van der Waals surface area contributed by atoms with Crippen molar-refractivity contribution >= 4 is 33.4 Å². The van der Waals surface area contributed by atoms with Crippen LogP contribution < -0.4 is 10.9 Å². The van der Waals surface area contributed by atoms with Crippen LogP contribution in [0.25, 0.3) is 10.2 Å². The second-order valence-corrected chi connectivity index (χ2v) is 8.80. The fourth-order valence-corrected chi connectivity index (χ4v) is 3.86. The molecule has 0 fully saturated rings. The molecule has 0 aromatic carbocycles. The standard InChI is InChI=1S/C19H28N4O4S/c1-8-27-18(26)14-10(2)13-16(25)20-15(21-17(13)28-14)11(3)23(7)9-12(24)22-19(4,5)6/h11H,8-9H2,1-7H3,(H,22,24)(H,20,21,25)/t11-/m1/s1. The van der Waals surface area contributed by atoms with E-state index >= 15 is 0 Å². The Morgan fingerprint density at radius 3 is 2.57 bits per heavy atom. The third-order valence-electron chi connectivity index (χ3n) is 4.24. The van der Waals surface area contributed by atoms with E-state index in [1.165, 1.54) is 0 Å². The van der Waals surface area contributed by atoms with Crippen molar-refractivity contribution in [2.45, 2.75) is 53.1 Å². The summed E-state index contributed by atoms with van der Waals surface area (Å²) in [4.78, 5) is 46.9. The van der Waals surface area contributed by atoms with Gasteiger partial charge in [-0.3, -0.25) is 14.5 Å². The van der Waals surface area contributed by atoms with Gasteiger partial charge in [0, 0.05) is 5.54 Å². The highest BCUT2D eigenvalue weighted by atomic mass is 32.1. The number of nitrogens with zero attached hydrogens (tertiary/aromatic N) is 2. The van der Waals surface area contributed by atoms with E-state index < -0.39 is 5.97 Å². The summed E-state index contributed by atoms with van der Waals surface area (Å²) in [5.41, 5.74) is -0.0436. The summed E-state index contributed by atoms with van der Waals surface area (Å²) in [5.74, 6) is -0.116. The first-order valence-electron chi connectivity index (χ1n) is 9.16. The number of fused-ring (bicyclic) bond motifs is 1. The fraction of sp³-hybridized carbons (Fsp3) is 0.579. The molecular weight excluding hydrogens is 380 g/mol. The maximum atomic E-state index is 12.6. The number of esters is 1. The number of aryl methyl sites for hydroxylation is 1. The van der Waals surface area contributed by atoms with E-state index in [1.54, 1.807) is 25.8 Å². The minimum Gasteiger partial charge on any atom is -0.462 e. The van der Waals surface area contributed by atoms with Gasteiger partial charge >= 0.3 is 5.97 Å². The van der Waals surface area contributed by atoms with Gasteiger partial charge in [-0.1, -0.05) is 0 Å². The van der Waals surface area contributed by atoms with E-state index in [4.69, 9.17) is 4.74 Å². The molecule has 0 bridgehead atoms. The number of rotatable bonds is 6. The minimum absolute atomic E-state index is 0.109. The molecule has 0 aliphatic carbocycles. The Balaban J connectivity index is 2.31. The van der Waals surface area contributed by atoms with Crippen LogP contribution in [0.1, 0.15) is 61.7 Å². The number of amides is 1. The first-order chi connectivity index (χ1) is 12.9. The van der Waals surface area contributed by atoms with Gasteiger partial charge in [-0.15, -0.1) is 11.3 Å². The van der Waals surface area contributed by atoms with Gasteiger partial charge < -0.3 is 15.0 Å². The predicted molar refractivity (Wildman–Crippen MR) is 110 cm³/mol. The summed E-state index contributed by atoms with van der Waals surface area (Å²) >= 11 is 1.15. The molecule has 2 rings (SSSR count). The molecule has 2 heterocycles. The van der Waals surface area contributed by atoms with Crippen molar-refractivity contribution in [3.05, 3.63) is 26.6 Å². The van der Waals surface area contributed by atoms with Gasteiger partial charge in [-0.2, -0.15) is 0 Å². The second kappa shape index (κ2) is 8.40. The van der Waals surface area contributed by atoms with Gasteiger partial charge in [-0.05, 0) is 54.2 Å². The maximum absolute atomic E-state index is 12.6. The van der Waals surface area contributed by atoms with Crippen molar-refractivity contribution in [2.24, 2.45) is 0 Å². The van der Waals surface area contributed by atoms with Crippen molar-refractivity contribution in [3.8, 4) is 0 Å². The summed E-state index contributed by atoms with van der Waals surface area (Å²) in [6, 6.07) is -0.295. The normalized spacial score (nSPS) is 13.0. The van der Waals surface area contributed by atoms with Crippen molar-refractivity contribution < 1.29 is 14.3 Å². The summed E-state index contributed by atoms with van der Waals surface area (Å²) in [7, 11) is 1.79. The molecule has 2 N–H and O–H groups in total. The van der Waals surface area contributed by atoms with Crippen molar-refractivity contribution in [3.63, 3.8) is 0 Å². The molecule has 0 aliphatic rings. The quantitative estimate of drug-likeness (QED) is 0.711. The lowest BCUT2D eigenvalue weighted by Crippen LogP contribution is -2.45. The van der Waals surface area contributed by atoms with Gasteiger partial charge in [0.05, 0.1) is 24.6 Å². The monoisotopic (exact) mass is 408 g/mol. The average molecular weight is 409 g/mol. The topological polar surface area (TPSA) is 104 Å². The van der Waals surface area contributed by atoms with E-state index in [2.05, 4.69) is 15.3 Å².